The third-order valence-corrected chi connectivity index (χ3v) is 4.59. The lowest BCUT2D eigenvalue weighted by Crippen LogP contribution is -2.30. The summed E-state index contributed by atoms with van der Waals surface area (Å²) in [4.78, 5) is 24.0. The topological polar surface area (TPSA) is 73.9 Å². The van der Waals surface area contributed by atoms with E-state index in [-0.39, 0.29) is 19.1 Å². The molecule has 0 spiro atoms. The van der Waals surface area contributed by atoms with Crippen LogP contribution in [0.15, 0.2) is 40.9 Å². The van der Waals surface area contributed by atoms with E-state index in [1.54, 1.807) is 36.4 Å². The van der Waals surface area contributed by atoms with Gasteiger partial charge < -0.3 is 19.5 Å². The molecule has 0 fully saturated rings. The molecule has 0 heterocycles. The first-order valence-corrected chi connectivity index (χ1v) is 9.89. The number of amides is 1. The first-order valence-electron chi connectivity index (χ1n) is 8.72. The monoisotopic (exact) mass is 469 g/mol. The molecule has 0 aliphatic carbocycles. The maximum Gasteiger partial charge on any atom is 0.325 e. The largest absolute Gasteiger partial charge is 0.490 e. The van der Waals surface area contributed by atoms with Crippen LogP contribution in [-0.4, -0.2) is 31.6 Å². The van der Waals surface area contributed by atoms with Crippen molar-refractivity contribution in [1.82, 2.24) is 5.32 Å². The van der Waals surface area contributed by atoms with Crippen molar-refractivity contribution in [3.05, 3.63) is 57.0 Å². The number of nitrogens with one attached hydrogen (secondary N) is 1. The number of rotatable bonds is 9. The molecule has 0 aliphatic heterocycles. The van der Waals surface area contributed by atoms with Gasteiger partial charge in [-0.2, -0.15) is 0 Å². The lowest BCUT2D eigenvalue weighted by Gasteiger charge is -2.14. The molecule has 0 aliphatic rings. The molecule has 0 unspecified atom stereocenters. The molecule has 2 rings (SSSR count). The fourth-order valence-electron chi connectivity index (χ4n) is 2.29. The van der Waals surface area contributed by atoms with Crippen LogP contribution in [0.5, 0.6) is 11.5 Å². The third-order valence-electron chi connectivity index (χ3n) is 3.60. The Labute approximate surface area is 177 Å². The van der Waals surface area contributed by atoms with E-state index in [0.717, 1.165) is 10.0 Å². The zero-order valence-electron chi connectivity index (χ0n) is 15.6. The lowest BCUT2D eigenvalue weighted by atomic mass is 10.2. The molecule has 2 aromatic carbocycles. The second kappa shape index (κ2) is 10.9. The van der Waals surface area contributed by atoms with E-state index in [9.17, 15) is 9.59 Å². The minimum Gasteiger partial charge on any atom is -0.490 e. The van der Waals surface area contributed by atoms with Gasteiger partial charge in [0.2, 0.25) is 0 Å². The van der Waals surface area contributed by atoms with Crippen LogP contribution in [-0.2, 0) is 16.1 Å². The first kappa shape index (κ1) is 22.0. The molecule has 8 heteroatoms. The molecule has 6 nitrogen and oxygen atoms in total. The zero-order chi connectivity index (χ0) is 20.5. The highest BCUT2D eigenvalue weighted by Crippen LogP contribution is 2.34. The summed E-state index contributed by atoms with van der Waals surface area (Å²) in [5, 5.41) is 3.04. The van der Waals surface area contributed by atoms with Crippen LogP contribution in [0.1, 0.15) is 29.8 Å². The number of ether oxygens (including phenoxy) is 3. The Balaban J connectivity index is 1.92. The van der Waals surface area contributed by atoms with E-state index in [1.165, 1.54) is 0 Å². The van der Waals surface area contributed by atoms with Gasteiger partial charge in [-0.15, -0.1) is 0 Å². The molecule has 0 saturated carbocycles. The van der Waals surface area contributed by atoms with Crippen LogP contribution in [0.25, 0.3) is 0 Å². The minimum absolute atomic E-state index is 0.0305. The fourth-order valence-corrected chi connectivity index (χ4v) is 2.85. The number of hydrogen-bond acceptors (Lipinski definition) is 5. The summed E-state index contributed by atoms with van der Waals surface area (Å²) in [6.07, 6.45) is 0. The summed E-state index contributed by atoms with van der Waals surface area (Å²) in [5.41, 5.74) is 1.14. The highest BCUT2D eigenvalue weighted by Gasteiger charge is 2.13. The van der Waals surface area contributed by atoms with Crippen LogP contribution in [0.3, 0.4) is 0 Å². The molecule has 1 amide bonds. The maximum absolute atomic E-state index is 12.0. The number of esters is 1. The van der Waals surface area contributed by atoms with Crippen molar-refractivity contribution < 1.29 is 23.8 Å². The molecule has 0 atom stereocenters. The summed E-state index contributed by atoms with van der Waals surface area (Å²) in [5.74, 6) is 0.256. The molecule has 0 aromatic heterocycles. The van der Waals surface area contributed by atoms with Crippen molar-refractivity contribution in [2.75, 3.05) is 19.8 Å². The van der Waals surface area contributed by atoms with Crippen LogP contribution < -0.4 is 14.8 Å². The Morgan fingerprint density at radius 2 is 1.64 bits per heavy atom. The Morgan fingerprint density at radius 3 is 2.25 bits per heavy atom. The van der Waals surface area contributed by atoms with Gasteiger partial charge in [0.1, 0.15) is 13.2 Å². The van der Waals surface area contributed by atoms with E-state index in [0.29, 0.717) is 35.3 Å². The first-order chi connectivity index (χ1) is 13.4. The number of benzene rings is 2. The summed E-state index contributed by atoms with van der Waals surface area (Å²) in [7, 11) is 0. The zero-order valence-corrected chi connectivity index (χ0v) is 17.9. The quantitative estimate of drug-likeness (QED) is 0.551. The summed E-state index contributed by atoms with van der Waals surface area (Å²) in [6.45, 7) is 4.54. The van der Waals surface area contributed by atoms with Crippen LogP contribution in [0.2, 0.25) is 5.02 Å². The summed E-state index contributed by atoms with van der Waals surface area (Å²) in [6, 6.07) is 9.91. The smallest absolute Gasteiger partial charge is 0.325 e. The summed E-state index contributed by atoms with van der Waals surface area (Å²) >= 11 is 9.23. The molecule has 0 radical (unpaired) electrons. The highest BCUT2D eigenvalue weighted by molar-refractivity contribution is 9.10. The van der Waals surface area contributed by atoms with E-state index >= 15 is 0 Å². The van der Waals surface area contributed by atoms with Gasteiger partial charge in [0, 0.05) is 20.6 Å². The van der Waals surface area contributed by atoms with Crippen molar-refractivity contribution in [3.8, 4) is 11.5 Å². The van der Waals surface area contributed by atoms with Crippen LogP contribution >= 0.6 is 27.5 Å². The predicted octanol–water partition coefficient (Wildman–Crippen LogP) is 4.37. The Kier molecular flexibility index (Phi) is 8.60. The van der Waals surface area contributed by atoms with Crippen molar-refractivity contribution in [1.29, 1.82) is 0 Å². The fraction of sp³-hybridized carbons (Fsp3) is 0.300. The van der Waals surface area contributed by atoms with Crippen molar-refractivity contribution in [3.63, 3.8) is 0 Å². The molecular weight excluding hydrogens is 450 g/mol. The van der Waals surface area contributed by atoms with Gasteiger partial charge in [-0.25, -0.2) is 0 Å². The van der Waals surface area contributed by atoms with E-state index in [1.807, 2.05) is 13.8 Å². The van der Waals surface area contributed by atoms with Gasteiger partial charge in [-0.3, -0.25) is 9.59 Å². The average Bonchev–Trinajstić information content (AvgIpc) is 2.68. The van der Waals surface area contributed by atoms with Crippen molar-refractivity contribution in [2.45, 2.75) is 20.5 Å². The van der Waals surface area contributed by atoms with Crippen LogP contribution in [0.4, 0.5) is 0 Å². The minimum atomic E-state index is -0.555. The number of hydrogen-bond donors (Lipinski definition) is 1. The van der Waals surface area contributed by atoms with Crippen molar-refractivity contribution in [2.24, 2.45) is 0 Å². The van der Waals surface area contributed by atoms with Gasteiger partial charge in [0.15, 0.2) is 11.5 Å². The van der Waals surface area contributed by atoms with E-state index < -0.39 is 5.97 Å². The molecular formula is C20H21BrClNO5. The van der Waals surface area contributed by atoms with Crippen LogP contribution in [0, 0.1) is 0 Å². The second-order valence-electron chi connectivity index (χ2n) is 5.61. The maximum atomic E-state index is 12.0. The molecule has 0 bridgehead atoms. The highest BCUT2D eigenvalue weighted by atomic mass is 79.9. The predicted molar refractivity (Wildman–Crippen MR) is 110 cm³/mol. The molecule has 28 heavy (non-hydrogen) atoms. The Hall–Kier alpha value is -2.25. The molecule has 0 saturated heterocycles. The van der Waals surface area contributed by atoms with E-state index in [4.69, 9.17) is 25.8 Å². The van der Waals surface area contributed by atoms with Gasteiger partial charge in [0.05, 0.1) is 13.2 Å². The number of carbonyl (C=O) groups excluding carboxylic acids is 2. The number of halogens is 2. The molecule has 1 N–H and O–H groups in total. The van der Waals surface area contributed by atoms with Gasteiger partial charge in [-0.05, 0) is 50.2 Å². The Bertz CT molecular complexity index is 826. The van der Waals surface area contributed by atoms with Crippen molar-refractivity contribution >= 4 is 39.4 Å². The lowest BCUT2D eigenvalue weighted by molar-refractivity contribution is -0.143. The second-order valence-corrected chi connectivity index (χ2v) is 6.90. The normalized spacial score (nSPS) is 10.3. The standard InChI is InChI=1S/C20H21BrClNO5/c1-3-26-17-9-14(16(21)10-18(17)27-4-2)12-28-19(24)11-23-20(25)13-5-7-15(22)8-6-13/h5-10H,3-4,11-12H2,1-2H3,(H,23,25). The average molecular weight is 471 g/mol. The Morgan fingerprint density at radius 1 is 1.04 bits per heavy atom. The summed E-state index contributed by atoms with van der Waals surface area (Å²) < 4.78 is 17.1. The molecule has 150 valence electrons. The van der Waals surface area contributed by atoms with Gasteiger partial charge in [0.25, 0.3) is 5.91 Å². The SMILES string of the molecule is CCOc1cc(Br)c(COC(=O)CNC(=O)c2ccc(Cl)cc2)cc1OCC. The number of carbonyl (C=O) groups is 2. The molecule has 2 aromatic rings. The van der Waals surface area contributed by atoms with Gasteiger partial charge >= 0.3 is 5.97 Å². The third kappa shape index (κ3) is 6.42. The van der Waals surface area contributed by atoms with E-state index in [2.05, 4.69) is 21.2 Å². The van der Waals surface area contributed by atoms with Gasteiger partial charge in [-0.1, -0.05) is 27.5 Å².